The Bertz CT molecular complexity index is 703. The number of carbonyl (C=O) groups is 1. The van der Waals surface area contributed by atoms with Crippen LogP contribution in [0.15, 0.2) is 18.2 Å². The van der Waals surface area contributed by atoms with Crippen LogP contribution in [0.3, 0.4) is 0 Å². The highest BCUT2D eigenvalue weighted by Crippen LogP contribution is 2.23. The van der Waals surface area contributed by atoms with Crippen molar-refractivity contribution in [3.63, 3.8) is 0 Å². The number of anilines is 1. The van der Waals surface area contributed by atoms with Gasteiger partial charge in [0.15, 0.2) is 5.82 Å². The van der Waals surface area contributed by atoms with Gasteiger partial charge in [-0.1, -0.05) is 19.3 Å². The second-order valence-corrected chi connectivity index (χ2v) is 6.67. The summed E-state index contributed by atoms with van der Waals surface area (Å²) in [5, 5.41) is 19.0. The number of hydrogen-bond acceptors (Lipinski definition) is 5. The molecule has 1 aliphatic rings. The van der Waals surface area contributed by atoms with Crippen LogP contribution in [0.5, 0.6) is 0 Å². The first kappa shape index (κ1) is 17.4. The molecule has 3 rings (SSSR count). The number of aryl methyl sites for hydroxylation is 2. The molecule has 7 heteroatoms. The fourth-order valence-corrected chi connectivity index (χ4v) is 3.28. The summed E-state index contributed by atoms with van der Waals surface area (Å²) in [7, 11) is 0. The van der Waals surface area contributed by atoms with E-state index in [1.807, 2.05) is 32.0 Å². The largest absolute Gasteiger partial charge is 0.367 e. The van der Waals surface area contributed by atoms with Gasteiger partial charge in [-0.15, -0.1) is 10.2 Å². The molecular weight excluding hydrogens is 316 g/mol. The van der Waals surface area contributed by atoms with Crippen molar-refractivity contribution in [3.05, 3.63) is 29.6 Å². The van der Waals surface area contributed by atoms with Crippen molar-refractivity contribution in [3.8, 4) is 5.82 Å². The van der Waals surface area contributed by atoms with E-state index in [0.717, 1.165) is 24.2 Å². The molecule has 2 aromatic rings. The predicted molar refractivity (Wildman–Crippen MR) is 96.7 cm³/mol. The van der Waals surface area contributed by atoms with Crippen molar-refractivity contribution >= 4 is 11.7 Å². The van der Waals surface area contributed by atoms with Crippen molar-refractivity contribution in [1.29, 1.82) is 0 Å². The van der Waals surface area contributed by atoms with Crippen LogP contribution < -0.4 is 10.6 Å². The fourth-order valence-electron chi connectivity index (χ4n) is 3.28. The predicted octanol–water partition coefficient (Wildman–Crippen LogP) is 2.39. The molecule has 1 aliphatic carbocycles. The Morgan fingerprint density at radius 1 is 1.16 bits per heavy atom. The summed E-state index contributed by atoms with van der Waals surface area (Å²) in [6, 6.07) is 5.76. The zero-order chi connectivity index (χ0) is 17.6. The lowest BCUT2D eigenvalue weighted by Gasteiger charge is -2.20. The van der Waals surface area contributed by atoms with Gasteiger partial charge in [0.2, 0.25) is 5.91 Å². The van der Waals surface area contributed by atoms with E-state index in [1.165, 1.54) is 19.3 Å². The Hall–Kier alpha value is -2.44. The number of carbonyl (C=O) groups excluding carboxylic acids is 1. The fraction of sp³-hybridized carbons (Fsp3) is 0.556. The third-order valence-electron chi connectivity index (χ3n) is 4.58. The molecule has 0 spiro atoms. The third-order valence-corrected chi connectivity index (χ3v) is 4.58. The summed E-state index contributed by atoms with van der Waals surface area (Å²) in [4.78, 5) is 12.1. The van der Waals surface area contributed by atoms with Crippen LogP contribution in [0.25, 0.3) is 5.82 Å². The molecule has 2 aromatic heterocycles. The number of rotatable bonds is 6. The molecule has 0 aliphatic heterocycles. The number of nitrogens with zero attached hydrogens (tertiary/aromatic N) is 4. The maximum atomic E-state index is 12.1. The molecule has 25 heavy (non-hydrogen) atoms. The van der Waals surface area contributed by atoms with E-state index >= 15 is 0 Å². The summed E-state index contributed by atoms with van der Waals surface area (Å²) in [5.41, 5.74) is 1.98. The second-order valence-electron chi connectivity index (χ2n) is 6.67. The minimum absolute atomic E-state index is 0.187. The minimum Gasteiger partial charge on any atom is -0.367 e. The Kier molecular flexibility index (Phi) is 5.63. The molecule has 1 amide bonds. The lowest BCUT2D eigenvalue weighted by Crippen LogP contribution is -2.35. The van der Waals surface area contributed by atoms with Crippen molar-refractivity contribution in [2.75, 3.05) is 18.4 Å². The summed E-state index contributed by atoms with van der Waals surface area (Å²) in [6.45, 7) is 5.17. The summed E-state index contributed by atoms with van der Waals surface area (Å²) >= 11 is 0. The van der Waals surface area contributed by atoms with E-state index < -0.39 is 0 Å². The molecule has 0 unspecified atom stereocenters. The Morgan fingerprint density at radius 3 is 2.60 bits per heavy atom. The molecule has 2 heterocycles. The SMILES string of the molecule is Cc1cc(C)n(-c2ccc(NCCNC(=O)C3CCCCC3)nn2)n1. The first-order chi connectivity index (χ1) is 12.1. The van der Waals surface area contributed by atoms with Crippen LogP contribution in [0.4, 0.5) is 5.82 Å². The number of hydrogen-bond donors (Lipinski definition) is 2. The molecule has 0 aromatic carbocycles. The monoisotopic (exact) mass is 342 g/mol. The van der Waals surface area contributed by atoms with Gasteiger partial charge in [-0.25, -0.2) is 4.68 Å². The van der Waals surface area contributed by atoms with E-state index in [-0.39, 0.29) is 11.8 Å². The molecular formula is C18H26N6O. The number of amides is 1. The van der Waals surface area contributed by atoms with Crippen LogP contribution in [-0.2, 0) is 4.79 Å². The van der Waals surface area contributed by atoms with Crippen LogP contribution in [0, 0.1) is 19.8 Å². The maximum Gasteiger partial charge on any atom is 0.223 e. The lowest BCUT2D eigenvalue weighted by molar-refractivity contribution is -0.125. The van der Waals surface area contributed by atoms with E-state index in [9.17, 15) is 4.79 Å². The first-order valence-electron chi connectivity index (χ1n) is 9.02. The maximum absolute atomic E-state index is 12.1. The van der Waals surface area contributed by atoms with Gasteiger partial charge in [0.1, 0.15) is 5.82 Å². The first-order valence-corrected chi connectivity index (χ1v) is 9.02. The normalized spacial score (nSPS) is 15.1. The Balaban J connectivity index is 1.44. The molecule has 0 radical (unpaired) electrons. The number of aromatic nitrogens is 4. The standard InChI is InChI=1S/C18H26N6O/c1-13-12-14(2)24(23-13)17-9-8-16(21-22-17)19-10-11-20-18(25)15-6-4-3-5-7-15/h8-9,12,15H,3-7,10-11H2,1-2H3,(H,19,21)(H,20,25). The number of nitrogens with one attached hydrogen (secondary N) is 2. The topological polar surface area (TPSA) is 84.7 Å². The van der Waals surface area contributed by atoms with Gasteiger partial charge in [0.05, 0.1) is 5.69 Å². The molecule has 0 atom stereocenters. The average Bonchev–Trinajstić information content (AvgIpc) is 2.98. The second kappa shape index (κ2) is 8.09. The van der Waals surface area contributed by atoms with Crippen LogP contribution in [0.2, 0.25) is 0 Å². The van der Waals surface area contributed by atoms with Gasteiger partial charge in [-0.05, 0) is 44.9 Å². The Morgan fingerprint density at radius 2 is 1.96 bits per heavy atom. The highest BCUT2D eigenvalue weighted by molar-refractivity contribution is 5.78. The Labute approximate surface area is 148 Å². The smallest absolute Gasteiger partial charge is 0.223 e. The molecule has 0 saturated heterocycles. The van der Waals surface area contributed by atoms with Gasteiger partial charge in [0.25, 0.3) is 0 Å². The van der Waals surface area contributed by atoms with Crippen LogP contribution >= 0.6 is 0 Å². The zero-order valence-electron chi connectivity index (χ0n) is 15.0. The van der Waals surface area contributed by atoms with E-state index in [4.69, 9.17) is 0 Å². The van der Waals surface area contributed by atoms with Gasteiger partial charge >= 0.3 is 0 Å². The van der Waals surface area contributed by atoms with Gasteiger partial charge < -0.3 is 10.6 Å². The minimum atomic E-state index is 0.187. The van der Waals surface area contributed by atoms with E-state index in [0.29, 0.717) is 24.7 Å². The third kappa shape index (κ3) is 4.55. The van der Waals surface area contributed by atoms with Crippen LogP contribution in [0.1, 0.15) is 43.5 Å². The molecule has 2 N–H and O–H groups in total. The van der Waals surface area contributed by atoms with E-state index in [1.54, 1.807) is 4.68 Å². The highest BCUT2D eigenvalue weighted by atomic mass is 16.1. The van der Waals surface area contributed by atoms with Crippen molar-refractivity contribution in [1.82, 2.24) is 25.3 Å². The lowest BCUT2D eigenvalue weighted by atomic mass is 9.89. The molecule has 7 nitrogen and oxygen atoms in total. The quantitative estimate of drug-likeness (QED) is 0.788. The van der Waals surface area contributed by atoms with E-state index in [2.05, 4.69) is 25.9 Å². The summed E-state index contributed by atoms with van der Waals surface area (Å²) < 4.78 is 1.77. The van der Waals surface area contributed by atoms with Crippen molar-refractivity contribution in [2.24, 2.45) is 5.92 Å². The van der Waals surface area contributed by atoms with Crippen molar-refractivity contribution in [2.45, 2.75) is 46.0 Å². The molecule has 0 bridgehead atoms. The average molecular weight is 342 g/mol. The molecule has 134 valence electrons. The van der Waals surface area contributed by atoms with Gasteiger partial charge in [0, 0.05) is 24.7 Å². The molecule has 1 saturated carbocycles. The highest BCUT2D eigenvalue weighted by Gasteiger charge is 2.20. The van der Waals surface area contributed by atoms with Crippen molar-refractivity contribution < 1.29 is 4.79 Å². The van der Waals surface area contributed by atoms with Gasteiger partial charge in [-0.2, -0.15) is 5.10 Å². The summed E-state index contributed by atoms with van der Waals surface area (Å²) in [6.07, 6.45) is 5.66. The zero-order valence-corrected chi connectivity index (χ0v) is 15.0. The van der Waals surface area contributed by atoms with Crippen LogP contribution in [-0.4, -0.2) is 39.0 Å². The van der Waals surface area contributed by atoms with Gasteiger partial charge in [-0.3, -0.25) is 4.79 Å². The summed E-state index contributed by atoms with van der Waals surface area (Å²) in [5.74, 6) is 1.78. The molecule has 1 fully saturated rings.